The highest BCUT2D eigenvalue weighted by Crippen LogP contribution is 2.37. The zero-order valence-electron chi connectivity index (χ0n) is 11.7. The van der Waals surface area contributed by atoms with Gasteiger partial charge in [0, 0.05) is 34.3 Å². The molecule has 3 rings (SSSR count). The summed E-state index contributed by atoms with van der Waals surface area (Å²) in [5, 5.41) is 5.97. The van der Waals surface area contributed by atoms with Crippen LogP contribution in [-0.4, -0.2) is 13.1 Å². The smallest absolute Gasteiger partial charge is 0.0484 e. The van der Waals surface area contributed by atoms with Crippen molar-refractivity contribution >= 4 is 28.8 Å². The standard InChI is InChI=1S/C18H16Cl2N/c19-16-7-3-1-5-14(16)18(13-9-11-21-12-10-13)15-6-2-4-8-17(15)20/h1-8H,9-12H2. The van der Waals surface area contributed by atoms with Gasteiger partial charge in [-0.2, -0.15) is 0 Å². The highest BCUT2D eigenvalue weighted by Gasteiger charge is 2.18. The molecule has 3 heteroatoms. The Morgan fingerprint density at radius 2 is 1.24 bits per heavy atom. The molecule has 0 atom stereocenters. The van der Waals surface area contributed by atoms with E-state index in [-0.39, 0.29) is 0 Å². The van der Waals surface area contributed by atoms with Gasteiger partial charge in [-0.05, 0) is 30.5 Å². The number of rotatable bonds is 2. The summed E-state index contributed by atoms with van der Waals surface area (Å²) >= 11 is 12.9. The number of nitrogens with zero attached hydrogens (tertiary/aromatic N) is 1. The highest BCUT2D eigenvalue weighted by atomic mass is 35.5. The van der Waals surface area contributed by atoms with Crippen LogP contribution in [0.3, 0.4) is 0 Å². The molecule has 0 bridgehead atoms. The second-order valence-electron chi connectivity index (χ2n) is 5.11. The SMILES string of the molecule is Clc1ccccc1C(=C1CC[N]CC1)c1ccccc1Cl. The van der Waals surface area contributed by atoms with Crippen LogP contribution in [0.5, 0.6) is 0 Å². The molecule has 21 heavy (non-hydrogen) atoms. The highest BCUT2D eigenvalue weighted by molar-refractivity contribution is 6.34. The largest absolute Gasteiger partial charge is 0.241 e. The lowest BCUT2D eigenvalue weighted by Gasteiger charge is -2.21. The Hall–Kier alpha value is -1.28. The van der Waals surface area contributed by atoms with E-state index in [1.165, 1.54) is 11.1 Å². The molecule has 107 valence electrons. The van der Waals surface area contributed by atoms with Crippen molar-refractivity contribution in [2.45, 2.75) is 12.8 Å². The summed E-state index contributed by atoms with van der Waals surface area (Å²) in [7, 11) is 0. The van der Waals surface area contributed by atoms with Crippen LogP contribution < -0.4 is 5.32 Å². The van der Waals surface area contributed by atoms with Crippen molar-refractivity contribution < 1.29 is 0 Å². The van der Waals surface area contributed by atoms with Crippen LogP contribution in [-0.2, 0) is 0 Å². The fourth-order valence-corrected chi connectivity index (χ4v) is 3.23. The summed E-state index contributed by atoms with van der Waals surface area (Å²) in [5.41, 5.74) is 4.70. The van der Waals surface area contributed by atoms with Gasteiger partial charge in [0.2, 0.25) is 0 Å². The zero-order chi connectivity index (χ0) is 14.7. The summed E-state index contributed by atoms with van der Waals surface area (Å²) in [5.74, 6) is 0. The normalized spacial score (nSPS) is 15.0. The molecule has 0 saturated carbocycles. The van der Waals surface area contributed by atoms with Gasteiger partial charge < -0.3 is 0 Å². The predicted molar refractivity (Wildman–Crippen MR) is 90.0 cm³/mol. The Kier molecular flexibility index (Phi) is 4.64. The summed E-state index contributed by atoms with van der Waals surface area (Å²) in [6, 6.07) is 16.0. The Balaban J connectivity index is 2.21. The Morgan fingerprint density at radius 3 is 1.71 bits per heavy atom. The van der Waals surface area contributed by atoms with Crippen LogP contribution in [0.2, 0.25) is 10.0 Å². The van der Waals surface area contributed by atoms with Crippen molar-refractivity contribution in [3.63, 3.8) is 0 Å². The van der Waals surface area contributed by atoms with E-state index in [1.807, 2.05) is 36.4 Å². The van der Waals surface area contributed by atoms with Gasteiger partial charge in [0.05, 0.1) is 0 Å². The average molecular weight is 317 g/mol. The van der Waals surface area contributed by atoms with Crippen molar-refractivity contribution in [1.82, 2.24) is 5.32 Å². The molecule has 0 N–H and O–H groups in total. The summed E-state index contributed by atoms with van der Waals surface area (Å²) in [6.07, 6.45) is 1.96. The molecule has 1 fully saturated rings. The molecular formula is C18H16Cl2N. The third-order valence-electron chi connectivity index (χ3n) is 3.78. The quantitative estimate of drug-likeness (QED) is 0.723. The van der Waals surface area contributed by atoms with Crippen LogP contribution in [0.1, 0.15) is 24.0 Å². The second kappa shape index (κ2) is 6.65. The third-order valence-corrected chi connectivity index (χ3v) is 4.44. The van der Waals surface area contributed by atoms with Crippen molar-refractivity contribution in [1.29, 1.82) is 0 Å². The second-order valence-corrected chi connectivity index (χ2v) is 5.92. The molecule has 0 unspecified atom stereocenters. The molecule has 0 aromatic heterocycles. The number of piperidine rings is 1. The Labute approximate surface area is 135 Å². The first-order valence-electron chi connectivity index (χ1n) is 7.12. The van der Waals surface area contributed by atoms with Gasteiger partial charge in [0.1, 0.15) is 0 Å². The topological polar surface area (TPSA) is 14.1 Å². The third kappa shape index (κ3) is 3.16. The fraction of sp³-hybridized carbons (Fsp3) is 0.222. The molecule has 0 spiro atoms. The molecule has 1 radical (unpaired) electrons. The lowest BCUT2D eigenvalue weighted by molar-refractivity contribution is 0.600. The van der Waals surface area contributed by atoms with Gasteiger partial charge in [-0.3, -0.25) is 0 Å². The molecule has 0 aliphatic carbocycles. The Morgan fingerprint density at radius 1 is 0.762 bits per heavy atom. The van der Waals surface area contributed by atoms with E-state index < -0.39 is 0 Å². The predicted octanol–water partition coefficient (Wildman–Crippen LogP) is 5.19. The van der Waals surface area contributed by atoms with E-state index in [0.717, 1.165) is 47.1 Å². The maximum absolute atomic E-state index is 6.44. The van der Waals surface area contributed by atoms with Gasteiger partial charge in [0.15, 0.2) is 0 Å². The van der Waals surface area contributed by atoms with Crippen LogP contribution in [0.4, 0.5) is 0 Å². The number of hydrogen-bond donors (Lipinski definition) is 0. The molecule has 1 aliphatic rings. The molecule has 1 aliphatic heterocycles. The minimum atomic E-state index is 0.766. The minimum Gasteiger partial charge on any atom is -0.241 e. The van der Waals surface area contributed by atoms with E-state index in [1.54, 1.807) is 0 Å². The summed E-state index contributed by atoms with van der Waals surface area (Å²) < 4.78 is 0. The Bertz CT molecular complexity index is 621. The van der Waals surface area contributed by atoms with Crippen molar-refractivity contribution in [2.75, 3.05) is 13.1 Å². The first kappa shape index (κ1) is 14.6. The average Bonchev–Trinajstić information content (AvgIpc) is 2.52. The van der Waals surface area contributed by atoms with Crippen LogP contribution in [0, 0.1) is 0 Å². The molecule has 1 saturated heterocycles. The van der Waals surface area contributed by atoms with Crippen LogP contribution >= 0.6 is 23.2 Å². The van der Waals surface area contributed by atoms with Gasteiger partial charge in [0.25, 0.3) is 0 Å². The zero-order valence-corrected chi connectivity index (χ0v) is 13.2. The van der Waals surface area contributed by atoms with E-state index in [0.29, 0.717) is 0 Å². The molecule has 2 aromatic rings. The molecule has 2 aromatic carbocycles. The molecule has 0 amide bonds. The van der Waals surface area contributed by atoms with Gasteiger partial charge in [-0.1, -0.05) is 65.2 Å². The number of hydrogen-bond acceptors (Lipinski definition) is 0. The lowest BCUT2D eigenvalue weighted by Crippen LogP contribution is -2.17. The van der Waals surface area contributed by atoms with Crippen LogP contribution in [0.15, 0.2) is 54.1 Å². The lowest BCUT2D eigenvalue weighted by atomic mass is 9.89. The van der Waals surface area contributed by atoms with Gasteiger partial charge in [-0.15, -0.1) is 0 Å². The summed E-state index contributed by atoms with van der Waals surface area (Å²) in [4.78, 5) is 0. The van der Waals surface area contributed by atoms with Crippen molar-refractivity contribution in [3.05, 3.63) is 75.3 Å². The minimum absolute atomic E-state index is 0.766. The fourth-order valence-electron chi connectivity index (χ4n) is 2.77. The molecule has 1 heterocycles. The maximum Gasteiger partial charge on any atom is 0.0484 e. The van der Waals surface area contributed by atoms with Crippen LogP contribution in [0.25, 0.3) is 5.57 Å². The van der Waals surface area contributed by atoms with Crippen molar-refractivity contribution in [2.24, 2.45) is 0 Å². The first-order chi connectivity index (χ1) is 10.3. The maximum atomic E-state index is 6.44. The van der Waals surface area contributed by atoms with Gasteiger partial charge in [-0.25, -0.2) is 5.32 Å². The summed E-state index contributed by atoms with van der Waals surface area (Å²) in [6.45, 7) is 1.77. The number of benzene rings is 2. The molecule has 1 nitrogen and oxygen atoms in total. The van der Waals surface area contributed by atoms with Gasteiger partial charge >= 0.3 is 0 Å². The molecular weight excluding hydrogens is 301 g/mol. The van der Waals surface area contributed by atoms with E-state index in [4.69, 9.17) is 23.2 Å². The first-order valence-corrected chi connectivity index (χ1v) is 7.88. The van der Waals surface area contributed by atoms with Crippen molar-refractivity contribution in [3.8, 4) is 0 Å². The number of halogens is 2. The van der Waals surface area contributed by atoms with E-state index >= 15 is 0 Å². The monoisotopic (exact) mass is 316 g/mol. The van der Waals surface area contributed by atoms with E-state index in [2.05, 4.69) is 17.4 Å². The van der Waals surface area contributed by atoms with E-state index in [9.17, 15) is 0 Å².